The Bertz CT molecular complexity index is 585. The number of benzene rings is 1. The van der Waals surface area contributed by atoms with Gasteiger partial charge in [-0.1, -0.05) is 11.3 Å². The maximum absolute atomic E-state index is 13.2. The third-order valence-electron chi connectivity index (χ3n) is 2.12. The highest BCUT2D eigenvalue weighted by Crippen LogP contribution is 2.26. The molecule has 0 fully saturated rings. The van der Waals surface area contributed by atoms with Gasteiger partial charge in [-0.3, -0.25) is 0 Å². The molecule has 1 aromatic heterocycles. The van der Waals surface area contributed by atoms with Gasteiger partial charge in [0.05, 0.1) is 13.3 Å². The van der Waals surface area contributed by atoms with Crippen molar-refractivity contribution in [3.63, 3.8) is 0 Å². The van der Waals surface area contributed by atoms with Gasteiger partial charge in [-0.05, 0) is 12.1 Å². The Morgan fingerprint density at radius 3 is 2.94 bits per heavy atom. The Morgan fingerprint density at radius 1 is 1.56 bits per heavy atom. The largest absolute Gasteiger partial charge is 0.494 e. The van der Waals surface area contributed by atoms with E-state index in [1.807, 2.05) is 0 Å². The van der Waals surface area contributed by atoms with Crippen molar-refractivity contribution in [2.24, 2.45) is 0 Å². The van der Waals surface area contributed by atoms with Gasteiger partial charge in [0.25, 0.3) is 0 Å². The minimum atomic E-state index is -1.03. The smallest absolute Gasteiger partial charge is 0.347 e. The quantitative estimate of drug-likeness (QED) is 0.892. The summed E-state index contributed by atoms with van der Waals surface area (Å²) < 4.78 is 18.0. The molecule has 5 nitrogen and oxygen atoms in total. The summed E-state index contributed by atoms with van der Waals surface area (Å²) in [7, 11) is 1.37. The number of thiazole rings is 1. The predicted octanol–water partition coefficient (Wildman–Crippen LogP) is 2.73. The van der Waals surface area contributed by atoms with Crippen molar-refractivity contribution in [2.75, 3.05) is 12.4 Å². The number of hydrogen-bond acceptors (Lipinski definition) is 5. The lowest BCUT2D eigenvalue weighted by molar-refractivity contribution is 0.0702. The molecular weight excluding hydrogens is 259 g/mol. The molecule has 0 bridgehead atoms. The van der Waals surface area contributed by atoms with Gasteiger partial charge in [-0.15, -0.1) is 0 Å². The number of anilines is 2. The first-order valence-electron chi connectivity index (χ1n) is 4.90. The molecule has 0 aliphatic heterocycles. The van der Waals surface area contributed by atoms with Gasteiger partial charge in [-0.2, -0.15) is 0 Å². The van der Waals surface area contributed by atoms with Crippen molar-refractivity contribution in [2.45, 2.75) is 0 Å². The van der Waals surface area contributed by atoms with E-state index in [0.717, 1.165) is 11.3 Å². The number of nitrogens with one attached hydrogen (secondary N) is 1. The minimum Gasteiger partial charge on any atom is -0.494 e. The highest BCUT2D eigenvalue weighted by molar-refractivity contribution is 7.17. The van der Waals surface area contributed by atoms with Crippen LogP contribution in [0.3, 0.4) is 0 Å². The number of hydrogen-bond donors (Lipinski definition) is 2. The Hall–Kier alpha value is -2.15. The van der Waals surface area contributed by atoms with Crippen LogP contribution < -0.4 is 10.1 Å². The summed E-state index contributed by atoms with van der Waals surface area (Å²) in [5.41, 5.74) is 0.569. The summed E-state index contributed by atoms with van der Waals surface area (Å²) in [5, 5.41) is 12.1. The zero-order chi connectivity index (χ0) is 13.1. The van der Waals surface area contributed by atoms with E-state index >= 15 is 0 Å². The molecule has 7 heteroatoms. The second-order valence-corrected chi connectivity index (χ2v) is 4.34. The number of aromatic nitrogens is 1. The molecule has 0 radical (unpaired) electrons. The highest BCUT2D eigenvalue weighted by Gasteiger charge is 2.09. The summed E-state index contributed by atoms with van der Waals surface area (Å²) >= 11 is 0.997. The predicted molar refractivity (Wildman–Crippen MR) is 65.3 cm³/mol. The molecule has 2 rings (SSSR count). The van der Waals surface area contributed by atoms with Gasteiger partial charge >= 0.3 is 5.97 Å². The first-order valence-corrected chi connectivity index (χ1v) is 5.71. The van der Waals surface area contributed by atoms with Crippen LogP contribution in [0.4, 0.5) is 15.2 Å². The van der Waals surface area contributed by atoms with Crippen molar-refractivity contribution in [1.29, 1.82) is 0 Å². The van der Waals surface area contributed by atoms with Gasteiger partial charge in [0.1, 0.15) is 4.88 Å². The van der Waals surface area contributed by atoms with E-state index in [2.05, 4.69) is 10.3 Å². The number of nitrogens with zero attached hydrogens (tertiary/aromatic N) is 1. The van der Waals surface area contributed by atoms with Gasteiger partial charge in [0.2, 0.25) is 0 Å². The molecule has 0 unspecified atom stereocenters. The van der Waals surface area contributed by atoms with Crippen molar-refractivity contribution >= 4 is 28.1 Å². The number of carboxylic acids is 1. The van der Waals surface area contributed by atoms with Crippen LogP contribution >= 0.6 is 11.3 Å². The molecular formula is C11H9FN2O3S. The molecule has 0 saturated heterocycles. The first-order chi connectivity index (χ1) is 8.60. The topological polar surface area (TPSA) is 71.5 Å². The van der Waals surface area contributed by atoms with Crippen LogP contribution in [0.15, 0.2) is 24.4 Å². The summed E-state index contributed by atoms with van der Waals surface area (Å²) in [6.45, 7) is 0. The summed E-state index contributed by atoms with van der Waals surface area (Å²) in [5.74, 6) is -1.39. The van der Waals surface area contributed by atoms with E-state index in [0.29, 0.717) is 10.8 Å². The minimum absolute atomic E-state index is 0.106. The van der Waals surface area contributed by atoms with E-state index in [1.165, 1.54) is 31.5 Å². The average molecular weight is 268 g/mol. The average Bonchev–Trinajstić information content (AvgIpc) is 2.80. The fraction of sp³-hybridized carbons (Fsp3) is 0.0909. The number of aromatic carboxylic acids is 1. The van der Waals surface area contributed by atoms with E-state index in [-0.39, 0.29) is 10.6 Å². The maximum atomic E-state index is 13.2. The molecule has 0 saturated carbocycles. The van der Waals surface area contributed by atoms with Crippen molar-refractivity contribution in [1.82, 2.24) is 4.98 Å². The third kappa shape index (κ3) is 2.57. The number of methoxy groups -OCH3 is 1. The molecule has 0 aliphatic rings. The maximum Gasteiger partial charge on any atom is 0.347 e. The Kier molecular flexibility index (Phi) is 3.42. The number of rotatable bonds is 4. The monoisotopic (exact) mass is 268 g/mol. The van der Waals surface area contributed by atoms with Crippen LogP contribution in [0.1, 0.15) is 9.67 Å². The number of carbonyl (C=O) groups is 1. The molecule has 0 amide bonds. The first kappa shape index (κ1) is 12.3. The van der Waals surface area contributed by atoms with Gasteiger partial charge in [-0.25, -0.2) is 14.2 Å². The normalized spacial score (nSPS) is 10.1. The lowest BCUT2D eigenvalue weighted by Gasteiger charge is -2.06. The molecule has 1 heterocycles. The zero-order valence-electron chi connectivity index (χ0n) is 9.31. The van der Waals surface area contributed by atoms with E-state index in [4.69, 9.17) is 9.84 Å². The van der Waals surface area contributed by atoms with Crippen molar-refractivity contribution in [3.8, 4) is 5.75 Å². The van der Waals surface area contributed by atoms with Crippen LogP contribution in [-0.2, 0) is 0 Å². The van der Waals surface area contributed by atoms with Crippen LogP contribution in [0.2, 0.25) is 0 Å². The summed E-state index contributed by atoms with van der Waals surface area (Å²) in [6.07, 6.45) is 1.26. The third-order valence-corrected chi connectivity index (χ3v) is 3.02. The van der Waals surface area contributed by atoms with E-state index in [1.54, 1.807) is 0 Å². The number of halogens is 1. The van der Waals surface area contributed by atoms with Crippen LogP contribution in [0.5, 0.6) is 5.75 Å². The van der Waals surface area contributed by atoms with Crippen LogP contribution in [0.25, 0.3) is 0 Å². The number of ether oxygens (including phenoxy) is 1. The Morgan fingerprint density at radius 2 is 2.33 bits per heavy atom. The fourth-order valence-corrected chi connectivity index (χ4v) is 1.97. The van der Waals surface area contributed by atoms with Gasteiger partial charge in [0, 0.05) is 11.8 Å². The summed E-state index contributed by atoms with van der Waals surface area (Å²) in [4.78, 5) is 14.7. The van der Waals surface area contributed by atoms with Crippen molar-refractivity contribution in [3.05, 3.63) is 35.1 Å². The second kappa shape index (κ2) is 5.01. The molecule has 94 valence electrons. The van der Waals surface area contributed by atoms with Gasteiger partial charge < -0.3 is 15.2 Å². The lowest BCUT2D eigenvalue weighted by Crippen LogP contribution is -1.93. The van der Waals surface area contributed by atoms with E-state index < -0.39 is 11.8 Å². The molecule has 18 heavy (non-hydrogen) atoms. The fourth-order valence-electron chi connectivity index (χ4n) is 1.29. The summed E-state index contributed by atoms with van der Waals surface area (Å²) in [6, 6.07) is 4.24. The highest BCUT2D eigenvalue weighted by atomic mass is 32.1. The standard InChI is InChI=1S/C11H9FN2O3S/c1-17-8-4-6(2-3-7(8)12)14-11-13-5-9(18-11)10(15)16/h2-5H,1H3,(H,13,14)(H,15,16). The molecule has 0 aliphatic carbocycles. The van der Waals surface area contributed by atoms with Crippen molar-refractivity contribution < 1.29 is 19.0 Å². The second-order valence-electron chi connectivity index (χ2n) is 3.31. The Balaban J connectivity index is 2.20. The molecule has 2 aromatic rings. The molecule has 0 atom stereocenters. The molecule has 2 N–H and O–H groups in total. The van der Waals surface area contributed by atoms with Crippen LogP contribution in [-0.4, -0.2) is 23.2 Å². The Labute approximate surface area is 106 Å². The lowest BCUT2D eigenvalue weighted by atomic mass is 10.3. The molecule has 0 spiro atoms. The van der Waals surface area contributed by atoms with Crippen LogP contribution in [0, 0.1) is 5.82 Å². The molecule has 1 aromatic carbocycles. The zero-order valence-corrected chi connectivity index (χ0v) is 10.1. The van der Waals surface area contributed by atoms with Gasteiger partial charge in [0.15, 0.2) is 16.7 Å². The van der Waals surface area contributed by atoms with E-state index in [9.17, 15) is 9.18 Å². The SMILES string of the molecule is COc1cc(Nc2ncc(C(=O)O)s2)ccc1F. The number of carboxylic acid groups (broad SMARTS) is 1.